The summed E-state index contributed by atoms with van der Waals surface area (Å²) >= 11 is 6.53. The molecule has 1 N–H and O–H groups in total. The van der Waals surface area contributed by atoms with Gasteiger partial charge in [0.15, 0.2) is 0 Å². The monoisotopic (exact) mass is 796 g/mol. The van der Waals surface area contributed by atoms with Crippen molar-refractivity contribution in [3.63, 3.8) is 0 Å². The van der Waals surface area contributed by atoms with E-state index in [4.69, 9.17) is 30.5 Å². The minimum absolute atomic E-state index is 0.0812. The highest BCUT2D eigenvalue weighted by Crippen LogP contribution is 2.47. The molecular weight excluding hydrogens is 732 g/mol. The van der Waals surface area contributed by atoms with E-state index in [1.165, 1.54) is 11.1 Å². The maximum absolute atomic E-state index is 13.8. The van der Waals surface area contributed by atoms with Gasteiger partial charge in [0.1, 0.15) is 11.4 Å². The second-order valence-electron chi connectivity index (χ2n) is 16.3. The number of carbonyl (C=O) groups is 1. The van der Waals surface area contributed by atoms with Crippen molar-refractivity contribution in [3.05, 3.63) is 70.3 Å². The maximum atomic E-state index is 13.8. The summed E-state index contributed by atoms with van der Waals surface area (Å²) in [6.07, 6.45) is 9.92. The highest BCUT2D eigenvalue weighted by atomic mass is 35.5. The predicted molar refractivity (Wildman–Crippen MR) is 228 cm³/mol. The fourth-order valence-electron chi connectivity index (χ4n) is 9.25. The van der Waals surface area contributed by atoms with Crippen LogP contribution < -0.4 is 14.4 Å². The Morgan fingerprint density at radius 2 is 1.80 bits per heavy atom. The highest BCUT2D eigenvalue weighted by Gasteiger charge is 2.48. The molecule has 1 aliphatic carbocycles. The zero-order valence-electron chi connectivity index (χ0n) is 34.1. The van der Waals surface area contributed by atoms with Crippen molar-refractivity contribution >= 4 is 39.7 Å². The van der Waals surface area contributed by atoms with Crippen LogP contribution in [-0.2, 0) is 20.6 Å². The molecule has 304 valence electrons. The predicted octanol–water partition coefficient (Wildman–Crippen LogP) is 7.30. The summed E-state index contributed by atoms with van der Waals surface area (Å²) in [5, 5.41) is 0.972. The second-order valence-corrected chi connectivity index (χ2v) is 18.6. The number of carbonyl (C=O) groups excluding carboxylic acids is 1. The van der Waals surface area contributed by atoms with E-state index in [0.29, 0.717) is 43.1 Å². The quantitative estimate of drug-likeness (QED) is 0.188. The molecule has 7 atom stereocenters. The number of ether oxygens (including phenoxy) is 4. The molecule has 0 radical (unpaired) electrons. The average Bonchev–Trinajstić information content (AvgIpc) is 3.35. The molecule has 55 heavy (non-hydrogen) atoms. The van der Waals surface area contributed by atoms with Crippen LogP contribution >= 0.6 is 22.3 Å². The summed E-state index contributed by atoms with van der Waals surface area (Å²) in [7, 11) is 4.90. The average molecular weight is 798 g/mol. The standard InChI is InChI=1S/C44H65ClN4O5S/c1-8-10-33-23-37(45)14-15-39(33)36-26-49-25-35-12-16-40(35)44(53-6,30-47-19-21-48(22-20-47)38(28-51-4)29-52-5)18-9-11-31(2)32(3)55(7)46-43(50)34-13-17-42(54-27-36)41(49)24-34/h9,13-15,17-18,23-24,31-32,35-36,38,40H,7-8,10-12,16,19-22,25-30H2,1-6H3,(H,46,50)/b18-9+. The number of hydrogen-bond donors (Lipinski definition) is 1. The van der Waals surface area contributed by atoms with Crippen LogP contribution in [0.4, 0.5) is 5.69 Å². The molecule has 4 aliphatic rings. The van der Waals surface area contributed by atoms with Crippen molar-refractivity contribution in [2.75, 3.05) is 91.9 Å². The molecule has 0 spiro atoms. The minimum atomic E-state index is -0.560. The van der Waals surface area contributed by atoms with Crippen molar-refractivity contribution in [1.29, 1.82) is 0 Å². The van der Waals surface area contributed by atoms with Gasteiger partial charge >= 0.3 is 0 Å². The minimum Gasteiger partial charge on any atom is -0.491 e. The summed E-state index contributed by atoms with van der Waals surface area (Å²) in [6, 6.07) is 12.6. The lowest BCUT2D eigenvalue weighted by Crippen LogP contribution is -2.60. The van der Waals surface area contributed by atoms with Gasteiger partial charge in [-0.25, -0.2) is 0 Å². The van der Waals surface area contributed by atoms with Crippen molar-refractivity contribution in [2.45, 2.75) is 75.7 Å². The molecular formula is C44H65ClN4O5S. The molecule has 9 nitrogen and oxygen atoms in total. The van der Waals surface area contributed by atoms with Gasteiger partial charge in [0.05, 0.1) is 31.5 Å². The normalized spacial score (nSPS) is 30.2. The molecule has 3 heterocycles. The lowest BCUT2D eigenvalue weighted by Gasteiger charge is -2.52. The van der Waals surface area contributed by atoms with Crippen LogP contribution in [-0.4, -0.2) is 125 Å². The molecule has 1 saturated heterocycles. The summed E-state index contributed by atoms with van der Waals surface area (Å²) in [6.45, 7) is 15.0. The third-order valence-corrected chi connectivity index (χ3v) is 14.9. The second kappa shape index (κ2) is 19.3. The van der Waals surface area contributed by atoms with Crippen molar-refractivity contribution in [2.24, 2.45) is 17.8 Å². The topological polar surface area (TPSA) is 75.7 Å². The van der Waals surface area contributed by atoms with Gasteiger partial charge in [0, 0.05) is 88.9 Å². The van der Waals surface area contributed by atoms with E-state index < -0.39 is 16.3 Å². The number of amides is 1. The number of allylic oxidation sites excluding steroid dienone is 1. The van der Waals surface area contributed by atoms with E-state index in [1.54, 1.807) is 14.2 Å². The molecule has 2 aromatic rings. The molecule has 1 saturated carbocycles. The Kier molecular flexibility index (Phi) is 14.8. The van der Waals surface area contributed by atoms with Crippen LogP contribution in [0.2, 0.25) is 5.02 Å². The Bertz CT molecular complexity index is 1650. The molecule has 3 aliphatic heterocycles. The zero-order chi connectivity index (χ0) is 39.1. The van der Waals surface area contributed by atoms with Gasteiger partial charge in [-0.05, 0) is 84.9 Å². The Balaban J connectivity index is 1.34. The summed E-state index contributed by atoms with van der Waals surface area (Å²) < 4.78 is 27.8. The maximum Gasteiger partial charge on any atom is 0.260 e. The number of aryl methyl sites for hydroxylation is 1. The molecule has 6 rings (SSSR count). The van der Waals surface area contributed by atoms with Crippen LogP contribution in [0.3, 0.4) is 0 Å². The number of nitrogens with zero attached hydrogens (tertiary/aromatic N) is 3. The Morgan fingerprint density at radius 3 is 2.47 bits per heavy atom. The molecule has 2 fully saturated rings. The van der Waals surface area contributed by atoms with Gasteiger partial charge in [-0.3, -0.25) is 14.6 Å². The number of fused-ring (bicyclic) bond motifs is 2. The van der Waals surface area contributed by atoms with E-state index in [9.17, 15) is 4.79 Å². The zero-order valence-corrected chi connectivity index (χ0v) is 35.6. The third kappa shape index (κ3) is 9.82. The van der Waals surface area contributed by atoms with E-state index in [0.717, 1.165) is 94.4 Å². The van der Waals surface area contributed by atoms with E-state index in [1.807, 2.05) is 25.3 Å². The summed E-state index contributed by atoms with van der Waals surface area (Å²) in [4.78, 5) is 21.4. The van der Waals surface area contributed by atoms with Crippen molar-refractivity contribution in [3.8, 4) is 5.75 Å². The smallest absolute Gasteiger partial charge is 0.260 e. The molecule has 11 heteroatoms. The number of nitrogens with one attached hydrogen (secondary N) is 1. The molecule has 7 unspecified atom stereocenters. The van der Waals surface area contributed by atoms with Crippen LogP contribution in [0.15, 0.2) is 48.6 Å². The molecule has 2 aromatic carbocycles. The fourth-order valence-corrected chi connectivity index (χ4v) is 10.7. The molecule has 1 amide bonds. The van der Waals surface area contributed by atoms with E-state index >= 15 is 0 Å². The van der Waals surface area contributed by atoms with Crippen molar-refractivity contribution in [1.82, 2.24) is 14.5 Å². The van der Waals surface area contributed by atoms with Gasteiger partial charge in [-0.2, -0.15) is 0 Å². The van der Waals surface area contributed by atoms with Crippen LogP contribution in [0, 0.1) is 17.8 Å². The lowest BCUT2D eigenvalue weighted by atomic mass is 9.63. The van der Waals surface area contributed by atoms with E-state index in [-0.39, 0.29) is 23.1 Å². The van der Waals surface area contributed by atoms with Gasteiger partial charge in [0.25, 0.3) is 5.91 Å². The number of rotatable bonds is 11. The SMILES string of the molecule is C=S1NC(=O)c2ccc3c(c2)N(CC(c2ccc(Cl)cc2CCC)CO3)CC2CCC2C(CN2CCN(C(COC)COC)CC2)(OC)/C=C/CC(C)C1C. The molecule has 2 bridgehead atoms. The number of halogens is 1. The number of benzene rings is 2. The van der Waals surface area contributed by atoms with Crippen LogP contribution in [0.1, 0.15) is 73.9 Å². The first-order valence-electron chi connectivity index (χ1n) is 20.4. The fraction of sp³-hybridized carbons (Fsp3) is 0.636. The Labute approximate surface area is 338 Å². The van der Waals surface area contributed by atoms with Gasteiger partial charge < -0.3 is 28.6 Å². The largest absolute Gasteiger partial charge is 0.491 e. The Morgan fingerprint density at radius 1 is 1.04 bits per heavy atom. The van der Waals surface area contributed by atoms with Gasteiger partial charge in [0.2, 0.25) is 0 Å². The van der Waals surface area contributed by atoms with Crippen molar-refractivity contribution < 1.29 is 23.7 Å². The van der Waals surface area contributed by atoms with Crippen LogP contribution in [0.5, 0.6) is 5.75 Å². The first kappa shape index (κ1) is 42.2. The Hall–Kier alpha value is -2.44. The van der Waals surface area contributed by atoms with E-state index in [2.05, 4.69) is 76.4 Å². The summed E-state index contributed by atoms with van der Waals surface area (Å²) in [5.74, 6) is 6.40. The first-order chi connectivity index (χ1) is 26.6. The molecule has 0 aromatic heterocycles. The lowest BCUT2D eigenvalue weighted by molar-refractivity contribution is -0.0978. The van der Waals surface area contributed by atoms with Gasteiger partial charge in [-0.15, -0.1) is 0 Å². The summed E-state index contributed by atoms with van der Waals surface area (Å²) in [5.41, 5.74) is 3.79. The van der Waals surface area contributed by atoms with Gasteiger partial charge in [-0.1, -0.05) is 73.6 Å². The first-order valence-corrected chi connectivity index (χ1v) is 22.2. The number of methoxy groups -OCH3 is 3. The van der Waals surface area contributed by atoms with Crippen LogP contribution in [0.25, 0.3) is 0 Å². The number of anilines is 1. The number of piperazine rings is 1. The highest BCUT2D eigenvalue weighted by molar-refractivity contribution is 8.13. The number of hydrogen-bond acceptors (Lipinski definition) is 8. The third-order valence-electron chi connectivity index (χ3n) is 12.9.